The number of anilines is 1. The standard InChI is InChI=1S/C14H20N2O/c1-3-12(15)10-7-8-13-11(9-10)5-4-6-14(17)16(13)2/h7-9,12H,3-6,15H2,1-2H3. The molecule has 2 rings (SSSR count). The molecule has 1 amide bonds. The van der Waals surface area contributed by atoms with Crippen molar-refractivity contribution in [1.82, 2.24) is 0 Å². The first kappa shape index (κ1) is 12.1. The highest BCUT2D eigenvalue weighted by Gasteiger charge is 2.19. The van der Waals surface area contributed by atoms with E-state index in [1.165, 1.54) is 11.1 Å². The van der Waals surface area contributed by atoms with Gasteiger partial charge in [-0.1, -0.05) is 19.1 Å². The second kappa shape index (κ2) is 4.88. The van der Waals surface area contributed by atoms with Gasteiger partial charge < -0.3 is 10.6 Å². The zero-order valence-corrected chi connectivity index (χ0v) is 10.6. The molecule has 92 valence electrons. The van der Waals surface area contributed by atoms with Crippen LogP contribution in [0.1, 0.15) is 43.4 Å². The first-order valence-corrected chi connectivity index (χ1v) is 6.28. The number of nitrogens with zero attached hydrogens (tertiary/aromatic N) is 1. The van der Waals surface area contributed by atoms with Gasteiger partial charge in [0.25, 0.3) is 0 Å². The molecule has 0 saturated heterocycles. The van der Waals surface area contributed by atoms with Gasteiger partial charge in [-0.05, 0) is 36.5 Å². The topological polar surface area (TPSA) is 46.3 Å². The van der Waals surface area contributed by atoms with Gasteiger partial charge in [0.1, 0.15) is 0 Å². The summed E-state index contributed by atoms with van der Waals surface area (Å²) in [6, 6.07) is 6.34. The van der Waals surface area contributed by atoms with Crippen molar-refractivity contribution < 1.29 is 4.79 Å². The van der Waals surface area contributed by atoms with E-state index in [0.717, 1.165) is 24.9 Å². The van der Waals surface area contributed by atoms with Crippen molar-refractivity contribution >= 4 is 11.6 Å². The molecule has 1 aromatic rings. The predicted octanol–water partition coefficient (Wildman–Crippen LogP) is 2.40. The first-order chi connectivity index (χ1) is 8.13. The fourth-order valence-corrected chi connectivity index (χ4v) is 2.33. The number of aryl methyl sites for hydroxylation is 1. The predicted molar refractivity (Wildman–Crippen MR) is 70.0 cm³/mol. The van der Waals surface area contributed by atoms with Gasteiger partial charge in [-0.15, -0.1) is 0 Å². The van der Waals surface area contributed by atoms with Crippen LogP contribution in [0.4, 0.5) is 5.69 Å². The summed E-state index contributed by atoms with van der Waals surface area (Å²) in [7, 11) is 1.85. The number of benzene rings is 1. The Morgan fingerprint density at radius 1 is 1.41 bits per heavy atom. The summed E-state index contributed by atoms with van der Waals surface area (Å²) in [4.78, 5) is 13.5. The van der Waals surface area contributed by atoms with Crippen molar-refractivity contribution in [2.24, 2.45) is 5.73 Å². The first-order valence-electron chi connectivity index (χ1n) is 6.28. The molecule has 0 bridgehead atoms. The largest absolute Gasteiger partial charge is 0.324 e. The van der Waals surface area contributed by atoms with Gasteiger partial charge in [0.15, 0.2) is 0 Å². The minimum atomic E-state index is 0.101. The fraction of sp³-hybridized carbons (Fsp3) is 0.500. The number of fused-ring (bicyclic) bond motifs is 1. The Morgan fingerprint density at radius 2 is 2.18 bits per heavy atom. The zero-order chi connectivity index (χ0) is 12.4. The molecule has 0 aromatic heterocycles. The lowest BCUT2D eigenvalue weighted by molar-refractivity contribution is -0.118. The highest BCUT2D eigenvalue weighted by atomic mass is 16.2. The molecule has 1 unspecified atom stereocenters. The smallest absolute Gasteiger partial charge is 0.226 e. The summed E-state index contributed by atoms with van der Waals surface area (Å²) in [5.74, 6) is 0.205. The van der Waals surface area contributed by atoms with Crippen molar-refractivity contribution in [3.8, 4) is 0 Å². The highest BCUT2D eigenvalue weighted by Crippen LogP contribution is 2.28. The van der Waals surface area contributed by atoms with E-state index in [0.29, 0.717) is 6.42 Å². The molecular weight excluding hydrogens is 212 g/mol. The number of rotatable bonds is 2. The second-order valence-electron chi connectivity index (χ2n) is 4.71. The highest BCUT2D eigenvalue weighted by molar-refractivity contribution is 5.94. The summed E-state index contributed by atoms with van der Waals surface area (Å²) < 4.78 is 0. The van der Waals surface area contributed by atoms with Crippen LogP contribution in [0.25, 0.3) is 0 Å². The van der Waals surface area contributed by atoms with Crippen LogP contribution in [0, 0.1) is 0 Å². The normalized spacial score (nSPS) is 17.6. The van der Waals surface area contributed by atoms with E-state index in [-0.39, 0.29) is 11.9 Å². The quantitative estimate of drug-likeness (QED) is 0.851. The molecule has 1 aromatic carbocycles. The maximum Gasteiger partial charge on any atom is 0.226 e. The molecule has 1 aliphatic rings. The molecule has 1 atom stereocenters. The minimum Gasteiger partial charge on any atom is -0.324 e. The van der Waals surface area contributed by atoms with E-state index in [4.69, 9.17) is 5.73 Å². The third-order valence-electron chi connectivity index (χ3n) is 3.54. The van der Waals surface area contributed by atoms with E-state index < -0.39 is 0 Å². The molecule has 0 fully saturated rings. The van der Waals surface area contributed by atoms with Gasteiger partial charge in [-0.25, -0.2) is 0 Å². The van der Waals surface area contributed by atoms with Gasteiger partial charge in [0, 0.05) is 25.2 Å². The van der Waals surface area contributed by atoms with Crippen LogP contribution in [0.15, 0.2) is 18.2 Å². The van der Waals surface area contributed by atoms with Crippen molar-refractivity contribution in [3.63, 3.8) is 0 Å². The molecule has 0 spiro atoms. The molecule has 1 heterocycles. The minimum absolute atomic E-state index is 0.101. The Hall–Kier alpha value is -1.35. The average Bonchev–Trinajstić information content (AvgIpc) is 2.49. The van der Waals surface area contributed by atoms with Crippen molar-refractivity contribution in [2.45, 2.75) is 38.6 Å². The second-order valence-corrected chi connectivity index (χ2v) is 4.71. The van der Waals surface area contributed by atoms with Crippen LogP contribution in [0.3, 0.4) is 0 Å². The van der Waals surface area contributed by atoms with E-state index in [2.05, 4.69) is 13.0 Å². The van der Waals surface area contributed by atoms with Gasteiger partial charge in [0.05, 0.1) is 0 Å². The lowest BCUT2D eigenvalue weighted by atomic mass is 9.99. The van der Waals surface area contributed by atoms with E-state index >= 15 is 0 Å². The molecule has 17 heavy (non-hydrogen) atoms. The summed E-state index contributed by atoms with van der Waals surface area (Å²) in [6.07, 6.45) is 3.48. The summed E-state index contributed by atoms with van der Waals surface area (Å²) in [5, 5.41) is 0. The number of nitrogens with two attached hydrogens (primary N) is 1. The van der Waals surface area contributed by atoms with Crippen LogP contribution >= 0.6 is 0 Å². The van der Waals surface area contributed by atoms with Gasteiger partial charge in [-0.3, -0.25) is 4.79 Å². The lowest BCUT2D eigenvalue weighted by Gasteiger charge is -2.19. The number of hydrogen-bond donors (Lipinski definition) is 1. The Labute approximate surface area is 103 Å². The monoisotopic (exact) mass is 232 g/mol. The van der Waals surface area contributed by atoms with E-state index in [9.17, 15) is 4.79 Å². The molecule has 3 heteroatoms. The van der Waals surface area contributed by atoms with Gasteiger partial charge >= 0.3 is 0 Å². The van der Waals surface area contributed by atoms with Crippen molar-refractivity contribution in [2.75, 3.05) is 11.9 Å². The maximum absolute atomic E-state index is 11.8. The summed E-state index contributed by atoms with van der Waals surface area (Å²) >= 11 is 0. The summed E-state index contributed by atoms with van der Waals surface area (Å²) in [5.41, 5.74) is 9.51. The Kier molecular flexibility index (Phi) is 3.48. The SMILES string of the molecule is CCC(N)c1ccc2c(c1)CCCC(=O)N2C. The molecule has 0 saturated carbocycles. The maximum atomic E-state index is 11.8. The van der Waals surface area contributed by atoms with Gasteiger partial charge in [-0.2, -0.15) is 0 Å². The molecular formula is C14H20N2O. The molecule has 0 radical (unpaired) electrons. The molecule has 1 aliphatic heterocycles. The van der Waals surface area contributed by atoms with E-state index in [1.54, 1.807) is 4.90 Å². The number of carbonyl (C=O) groups excluding carboxylic acids is 1. The Balaban J connectivity index is 2.38. The van der Waals surface area contributed by atoms with Crippen molar-refractivity contribution in [1.29, 1.82) is 0 Å². The average molecular weight is 232 g/mol. The van der Waals surface area contributed by atoms with Crippen LogP contribution < -0.4 is 10.6 Å². The van der Waals surface area contributed by atoms with Crippen molar-refractivity contribution in [3.05, 3.63) is 29.3 Å². The van der Waals surface area contributed by atoms with E-state index in [1.807, 2.05) is 19.2 Å². The molecule has 2 N–H and O–H groups in total. The van der Waals surface area contributed by atoms with Crippen LogP contribution in [0.5, 0.6) is 0 Å². The van der Waals surface area contributed by atoms with Crippen LogP contribution in [0.2, 0.25) is 0 Å². The van der Waals surface area contributed by atoms with Crippen LogP contribution in [-0.4, -0.2) is 13.0 Å². The summed E-state index contributed by atoms with van der Waals surface area (Å²) in [6.45, 7) is 2.09. The molecule has 3 nitrogen and oxygen atoms in total. The third kappa shape index (κ3) is 2.34. The number of amides is 1. The number of hydrogen-bond acceptors (Lipinski definition) is 2. The Bertz CT molecular complexity index is 428. The zero-order valence-electron chi connectivity index (χ0n) is 10.6. The Morgan fingerprint density at radius 3 is 2.88 bits per heavy atom. The third-order valence-corrected chi connectivity index (χ3v) is 3.54. The number of carbonyl (C=O) groups is 1. The lowest BCUT2D eigenvalue weighted by Crippen LogP contribution is -2.25. The fourth-order valence-electron chi connectivity index (χ4n) is 2.33. The van der Waals surface area contributed by atoms with Gasteiger partial charge in [0.2, 0.25) is 5.91 Å². The molecule has 0 aliphatic carbocycles. The van der Waals surface area contributed by atoms with Crippen LogP contribution in [-0.2, 0) is 11.2 Å².